The molecule has 0 fully saturated rings. The van der Waals surface area contributed by atoms with Crippen LogP contribution in [0.25, 0.3) is 0 Å². The Morgan fingerprint density at radius 1 is 1.25 bits per heavy atom. The Hall–Kier alpha value is -1.57. The zero-order valence-corrected chi connectivity index (χ0v) is 9.44. The Morgan fingerprint density at radius 2 is 2.06 bits per heavy atom. The maximum Gasteiger partial charge on any atom is 0.237 e. The van der Waals surface area contributed by atoms with E-state index in [1.165, 1.54) is 5.56 Å². The molecule has 3 rings (SSSR count). The van der Waals surface area contributed by atoms with E-state index in [1.807, 2.05) is 30.1 Å². The summed E-state index contributed by atoms with van der Waals surface area (Å²) in [7, 11) is 1.88. The summed E-state index contributed by atoms with van der Waals surface area (Å²) in [6, 6.07) is 8.18. The van der Waals surface area contributed by atoms with E-state index in [2.05, 4.69) is 18.2 Å². The van der Waals surface area contributed by atoms with Crippen LogP contribution in [0.4, 0.5) is 5.69 Å². The molecule has 1 aromatic carbocycles. The highest BCUT2D eigenvalue weighted by Gasteiger charge is 2.48. The van der Waals surface area contributed by atoms with E-state index < -0.39 is 0 Å². The predicted molar refractivity (Wildman–Crippen MR) is 64.5 cm³/mol. The lowest BCUT2D eigenvalue weighted by Gasteiger charge is -2.29. The number of fused-ring (bicyclic) bond motifs is 2. The standard InChI is InChI=1S/C14H15NO/c1-15-12-8-4-3-7-11(12)14(13(15)16)9-5-2-6-10-14/h2-5,7-8H,6,9-10H2,1H3. The van der Waals surface area contributed by atoms with Crippen LogP contribution in [0.15, 0.2) is 36.4 Å². The first-order chi connectivity index (χ1) is 7.76. The number of allylic oxidation sites excluding steroid dienone is 2. The van der Waals surface area contributed by atoms with Gasteiger partial charge in [0, 0.05) is 12.7 Å². The number of amides is 1. The molecule has 1 aliphatic heterocycles. The second kappa shape index (κ2) is 3.21. The smallest absolute Gasteiger partial charge is 0.237 e. The summed E-state index contributed by atoms with van der Waals surface area (Å²) in [5, 5.41) is 0. The number of benzene rings is 1. The van der Waals surface area contributed by atoms with Crippen LogP contribution >= 0.6 is 0 Å². The number of carbonyl (C=O) groups is 1. The normalized spacial score (nSPS) is 27.6. The first kappa shape index (κ1) is 9.64. The number of rotatable bonds is 0. The second-order valence-electron chi connectivity index (χ2n) is 4.68. The van der Waals surface area contributed by atoms with Crippen molar-refractivity contribution < 1.29 is 4.79 Å². The van der Waals surface area contributed by atoms with Crippen molar-refractivity contribution in [1.82, 2.24) is 0 Å². The number of anilines is 1. The molecule has 1 atom stereocenters. The van der Waals surface area contributed by atoms with Gasteiger partial charge in [0.2, 0.25) is 5.91 Å². The predicted octanol–water partition coefficient (Wildman–Crippen LogP) is 2.64. The number of hydrogen-bond acceptors (Lipinski definition) is 1. The van der Waals surface area contributed by atoms with Crippen molar-refractivity contribution in [2.75, 3.05) is 11.9 Å². The van der Waals surface area contributed by atoms with Crippen LogP contribution in [0.2, 0.25) is 0 Å². The van der Waals surface area contributed by atoms with Gasteiger partial charge in [0.15, 0.2) is 0 Å². The second-order valence-corrected chi connectivity index (χ2v) is 4.68. The number of nitrogens with zero attached hydrogens (tertiary/aromatic N) is 1. The van der Waals surface area contributed by atoms with Crippen LogP contribution in [0, 0.1) is 0 Å². The van der Waals surface area contributed by atoms with Crippen LogP contribution in [0.3, 0.4) is 0 Å². The fourth-order valence-electron chi connectivity index (χ4n) is 2.99. The molecule has 2 nitrogen and oxygen atoms in total. The number of likely N-dealkylation sites (N-methyl/N-ethyl adjacent to an activating group) is 1. The topological polar surface area (TPSA) is 20.3 Å². The monoisotopic (exact) mass is 213 g/mol. The molecule has 0 bridgehead atoms. The van der Waals surface area contributed by atoms with Crippen molar-refractivity contribution in [1.29, 1.82) is 0 Å². The number of carbonyl (C=O) groups excluding carboxylic acids is 1. The van der Waals surface area contributed by atoms with Crippen LogP contribution in [0.1, 0.15) is 24.8 Å². The van der Waals surface area contributed by atoms with Gasteiger partial charge >= 0.3 is 0 Å². The molecule has 0 radical (unpaired) electrons. The van der Waals surface area contributed by atoms with Crippen molar-refractivity contribution in [3.8, 4) is 0 Å². The van der Waals surface area contributed by atoms with Crippen molar-refractivity contribution in [2.24, 2.45) is 0 Å². The molecule has 0 saturated carbocycles. The van der Waals surface area contributed by atoms with E-state index in [0.717, 1.165) is 24.9 Å². The van der Waals surface area contributed by atoms with Crippen LogP contribution in [-0.4, -0.2) is 13.0 Å². The Morgan fingerprint density at radius 3 is 2.81 bits per heavy atom. The zero-order valence-electron chi connectivity index (χ0n) is 9.44. The van der Waals surface area contributed by atoms with E-state index >= 15 is 0 Å². The summed E-state index contributed by atoms with van der Waals surface area (Å²) >= 11 is 0. The van der Waals surface area contributed by atoms with Crippen molar-refractivity contribution >= 4 is 11.6 Å². The molecule has 82 valence electrons. The molecule has 1 heterocycles. The number of para-hydroxylation sites is 1. The van der Waals surface area contributed by atoms with Crippen LogP contribution < -0.4 is 4.90 Å². The third kappa shape index (κ3) is 1.04. The van der Waals surface area contributed by atoms with Gasteiger partial charge in [0.05, 0.1) is 5.41 Å². The average molecular weight is 213 g/mol. The summed E-state index contributed by atoms with van der Waals surface area (Å²) in [4.78, 5) is 14.2. The molecule has 0 N–H and O–H groups in total. The minimum atomic E-state index is -0.264. The molecule has 1 aromatic rings. The minimum absolute atomic E-state index is 0.262. The highest BCUT2D eigenvalue weighted by molar-refractivity contribution is 6.07. The lowest BCUT2D eigenvalue weighted by molar-refractivity contribution is -0.123. The maximum atomic E-state index is 12.4. The van der Waals surface area contributed by atoms with Crippen molar-refractivity contribution in [2.45, 2.75) is 24.7 Å². The van der Waals surface area contributed by atoms with Crippen LogP contribution in [0.5, 0.6) is 0 Å². The molecular formula is C14H15NO. The fourth-order valence-corrected chi connectivity index (χ4v) is 2.99. The summed E-state index contributed by atoms with van der Waals surface area (Å²) in [6.45, 7) is 0. The molecule has 0 aromatic heterocycles. The van der Waals surface area contributed by atoms with Crippen molar-refractivity contribution in [3.63, 3.8) is 0 Å². The van der Waals surface area contributed by atoms with Gasteiger partial charge in [-0.2, -0.15) is 0 Å². The molecule has 2 heteroatoms. The van der Waals surface area contributed by atoms with Gasteiger partial charge in [0.25, 0.3) is 0 Å². The molecule has 16 heavy (non-hydrogen) atoms. The summed E-state index contributed by atoms with van der Waals surface area (Å²) in [5.74, 6) is 0.262. The van der Waals surface area contributed by atoms with Gasteiger partial charge in [-0.25, -0.2) is 0 Å². The Labute approximate surface area is 95.6 Å². The highest BCUT2D eigenvalue weighted by Crippen LogP contribution is 2.47. The maximum absolute atomic E-state index is 12.4. The molecule has 2 aliphatic rings. The highest BCUT2D eigenvalue weighted by atomic mass is 16.2. The lowest BCUT2D eigenvalue weighted by Crippen LogP contribution is -2.39. The molecule has 1 aliphatic carbocycles. The van der Waals surface area contributed by atoms with E-state index in [9.17, 15) is 4.79 Å². The fraction of sp³-hybridized carbons (Fsp3) is 0.357. The van der Waals surface area contributed by atoms with Crippen LogP contribution in [-0.2, 0) is 10.2 Å². The summed E-state index contributed by atoms with van der Waals surface area (Å²) in [5.41, 5.74) is 2.04. The third-order valence-electron chi connectivity index (χ3n) is 3.87. The molecular weight excluding hydrogens is 198 g/mol. The summed E-state index contributed by atoms with van der Waals surface area (Å²) < 4.78 is 0. The van der Waals surface area contributed by atoms with E-state index in [-0.39, 0.29) is 11.3 Å². The molecule has 1 unspecified atom stereocenters. The van der Waals surface area contributed by atoms with Crippen molar-refractivity contribution in [3.05, 3.63) is 42.0 Å². The van der Waals surface area contributed by atoms with Gasteiger partial charge in [-0.3, -0.25) is 4.79 Å². The Bertz CT molecular complexity index is 477. The quantitative estimate of drug-likeness (QED) is 0.607. The van der Waals surface area contributed by atoms with E-state index in [0.29, 0.717) is 0 Å². The van der Waals surface area contributed by atoms with E-state index in [1.54, 1.807) is 0 Å². The third-order valence-corrected chi connectivity index (χ3v) is 3.87. The minimum Gasteiger partial charge on any atom is -0.314 e. The SMILES string of the molecule is CN1C(=O)C2(CC=CCC2)c2ccccc21. The van der Waals surface area contributed by atoms with Gasteiger partial charge in [0.1, 0.15) is 0 Å². The van der Waals surface area contributed by atoms with Gasteiger partial charge < -0.3 is 4.90 Å². The van der Waals surface area contributed by atoms with Gasteiger partial charge in [-0.1, -0.05) is 30.4 Å². The number of hydrogen-bond donors (Lipinski definition) is 0. The Kier molecular flexibility index (Phi) is 1.93. The van der Waals surface area contributed by atoms with Gasteiger partial charge in [-0.05, 0) is 30.9 Å². The lowest BCUT2D eigenvalue weighted by atomic mass is 9.73. The summed E-state index contributed by atoms with van der Waals surface area (Å²) in [6.07, 6.45) is 7.14. The van der Waals surface area contributed by atoms with E-state index in [4.69, 9.17) is 0 Å². The zero-order chi connectivity index (χ0) is 11.2. The Balaban J connectivity index is 2.20. The molecule has 0 saturated heterocycles. The molecule has 1 amide bonds. The first-order valence-electron chi connectivity index (χ1n) is 5.78. The largest absolute Gasteiger partial charge is 0.314 e. The first-order valence-corrected chi connectivity index (χ1v) is 5.78. The average Bonchev–Trinajstić information content (AvgIpc) is 2.55. The van der Waals surface area contributed by atoms with Gasteiger partial charge in [-0.15, -0.1) is 0 Å². The molecule has 1 spiro atoms.